The van der Waals surface area contributed by atoms with Crippen molar-refractivity contribution in [3.05, 3.63) is 76.1 Å². The van der Waals surface area contributed by atoms with E-state index in [0.717, 1.165) is 31.5 Å². The fraction of sp³-hybridized carbons (Fsp3) is 0.346. The highest BCUT2D eigenvalue weighted by Gasteiger charge is 2.35. The summed E-state index contributed by atoms with van der Waals surface area (Å²) in [5.41, 5.74) is 8.95. The van der Waals surface area contributed by atoms with Gasteiger partial charge in [0.15, 0.2) is 0 Å². The zero-order chi connectivity index (χ0) is 24.1. The van der Waals surface area contributed by atoms with Gasteiger partial charge in [0.2, 0.25) is 0 Å². The molecule has 0 radical (unpaired) electrons. The van der Waals surface area contributed by atoms with Crippen LogP contribution in [0.2, 0.25) is 0 Å². The van der Waals surface area contributed by atoms with E-state index in [1.54, 1.807) is 31.2 Å². The number of benzene rings is 2. The van der Waals surface area contributed by atoms with E-state index in [4.69, 9.17) is 10.2 Å². The molecule has 3 aromatic rings. The largest absolute Gasteiger partial charge is 0.507 e. The summed E-state index contributed by atoms with van der Waals surface area (Å²) in [5, 5.41) is 16.0. The van der Waals surface area contributed by atoms with Gasteiger partial charge in [-0.15, -0.1) is 0 Å². The maximum atomic E-state index is 13.3. The number of carbonyl (C=O) groups is 1. The van der Waals surface area contributed by atoms with Crippen molar-refractivity contribution >= 4 is 22.7 Å². The highest BCUT2D eigenvalue weighted by molar-refractivity contribution is 5.89. The third-order valence-electron chi connectivity index (χ3n) is 6.47. The first-order chi connectivity index (χ1) is 16.5. The zero-order valence-corrected chi connectivity index (χ0v) is 19.2. The molecule has 0 spiro atoms. The van der Waals surface area contributed by atoms with Crippen LogP contribution in [0, 0.1) is 5.92 Å². The molecule has 0 aliphatic carbocycles. The van der Waals surface area contributed by atoms with Crippen LogP contribution in [-0.2, 0) is 0 Å². The van der Waals surface area contributed by atoms with Crippen LogP contribution in [0.25, 0.3) is 11.0 Å². The third kappa shape index (κ3) is 5.12. The number of piperidine rings is 1. The summed E-state index contributed by atoms with van der Waals surface area (Å²) in [6.07, 6.45) is 3.39. The third-order valence-corrected chi connectivity index (χ3v) is 6.47. The fourth-order valence-corrected chi connectivity index (χ4v) is 4.81. The molecule has 1 saturated heterocycles. The molecule has 8 heteroatoms. The van der Waals surface area contributed by atoms with Crippen molar-refractivity contribution in [3.63, 3.8) is 0 Å². The molecule has 178 valence electrons. The van der Waals surface area contributed by atoms with Gasteiger partial charge >= 0.3 is 11.7 Å². The summed E-state index contributed by atoms with van der Waals surface area (Å²) in [7, 11) is 0. The summed E-state index contributed by atoms with van der Waals surface area (Å²) in [6, 6.07) is 15.7. The fourth-order valence-electron chi connectivity index (χ4n) is 4.81. The van der Waals surface area contributed by atoms with E-state index in [1.165, 1.54) is 6.42 Å². The average molecular weight is 463 g/mol. The standard InChI is InChI=1S/C26H30N4O4/c1-17(28-29-26(27)33)20(16-30-14-8-3-9-15-30)22(18-10-4-2-5-11-18)23-24(31)19-12-6-7-13-21(19)34-25(23)32/h2,4-7,10-13,20,22,31H,3,8-9,14-16H2,1H3,(H3,27,29,33)/b28-17+/t20-,22+/m0/s1. The summed E-state index contributed by atoms with van der Waals surface area (Å²) in [6.45, 7) is 4.28. The smallest absolute Gasteiger partial charge is 0.343 e. The van der Waals surface area contributed by atoms with Crippen LogP contribution in [-0.4, -0.2) is 41.4 Å². The zero-order valence-electron chi connectivity index (χ0n) is 19.2. The van der Waals surface area contributed by atoms with E-state index < -0.39 is 17.6 Å². The van der Waals surface area contributed by atoms with E-state index in [-0.39, 0.29) is 17.2 Å². The van der Waals surface area contributed by atoms with Gasteiger partial charge in [-0.2, -0.15) is 5.10 Å². The first kappa shape index (κ1) is 23.5. The number of carbonyl (C=O) groups excluding carboxylic acids is 1. The van der Waals surface area contributed by atoms with E-state index in [9.17, 15) is 14.7 Å². The molecule has 4 N–H and O–H groups in total. The van der Waals surface area contributed by atoms with Crippen molar-refractivity contribution in [3.8, 4) is 5.75 Å². The number of hydrogen-bond acceptors (Lipinski definition) is 6. The van der Waals surface area contributed by atoms with Crippen LogP contribution < -0.4 is 16.8 Å². The highest BCUT2D eigenvalue weighted by atomic mass is 16.4. The Morgan fingerprint density at radius 2 is 1.79 bits per heavy atom. The van der Waals surface area contributed by atoms with Crippen LogP contribution in [0.1, 0.15) is 43.2 Å². The predicted octanol–water partition coefficient (Wildman–Crippen LogP) is 3.78. The lowest BCUT2D eigenvalue weighted by Gasteiger charge is -2.34. The van der Waals surface area contributed by atoms with Gasteiger partial charge < -0.3 is 20.2 Å². The van der Waals surface area contributed by atoms with Crippen LogP contribution in [0.15, 0.2) is 68.9 Å². The van der Waals surface area contributed by atoms with Crippen LogP contribution >= 0.6 is 0 Å². The first-order valence-electron chi connectivity index (χ1n) is 11.6. The number of hydrazone groups is 1. The molecule has 0 unspecified atom stereocenters. The van der Waals surface area contributed by atoms with Gasteiger partial charge in [0, 0.05) is 24.1 Å². The Balaban J connectivity index is 1.90. The number of amides is 2. The Bertz CT molecular complexity index is 1230. The summed E-state index contributed by atoms with van der Waals surface area (Å²) in [4.78, 5) is 27.0. The van der Waals surface area contributed by atoms with Gasteiger partial charge in [-0.25, -0.2) is 15.0 Å². The number of fused-ring (bicyclic) bond motifs is 1. The summed E-state index contributed by atoms with van der Waals surface area (Å²) >= 11 is 0. The number of urea groups is 1. The van der Waals surface area contributed by atoms with Crippen molar-refractivity contribution in [1.82, 2.24) is 10.3 Å². The lowest BCUT2D eigenvalue weighted by molar-refractivity contribution is 0.207. The van der Waals surface area contributed by atoms with Gasteiger partial charge in [0.05, 0.1) is 10.9 Å². The monoisotopic (exact) mass is 462 g/mol. The lowest BCUT2D eigenvalue weighted by Crippen LogP contribution is -2.40. The molecule has 2 aromatic carbocycles. The number of primary amides is 1. The molecular weight excluding hydrogens is 432 g/mol. The Hall–Kier alpha value is -3.65. The second kappa shape index (κ2) is 10.5. The summed E-state index contributed by atoms with van der Waals surface area (Å²) in [5.74, 6) is -0.982. The van der Waals surface area contributed by atoms with Gasteiger partial charge in [-0.1, -0.05) is 48.9 Å². The normalized spacial score (nSPS) is 16.8. The van der Waals surface area contributed by atoms with E-state index in [1.807, 2.05) is 30.3 Å². The molecule has 0 saturated carbocycles. The van der Waals surface area contributed by atoms with Crippen LogP contribution in [0.4, 0.5) is 4.79 Å². The van der Waals surface area contributed by atoms with E-state index >= 15 is 0 Å². The Morgan fingerprint density at radius 3 is 2.50 bits per heavy atom. The molecule has 2 heterocycles. The Kier molecular flexibility index (Phi) is 7.27. The molecule has 1 aliphatic heterocycles. The lowest BCUT2D eigenvalue weighted by atomic mass is 9.78. The van der Waals surface area contributed by atoms with Gasteiger partial charge in [-0.05, 0) is 50.6 Å². The second-order valence-electron chi connectivity index (χ2n) is 8.73. The number of hydrogen-bond donors (Lipinski definition) is 3. The van der Waals surface area contributed by atoms with Crippen molar-refractivity contribution in [2.24, 2.45) is 16.8 Å². The Labute approximate surface area is 198 Å². The van der Waals surface area contributed by atoms with Crippen molar-refractivity contribution in [1.29, 1.82) is 0 Å². The SMILES string of the molecule is C/C(=N\NC(N)=O)[C@H](CN1CCCCC1)[C@@H](c1ccccc1)c1c(O)c2ccccc2oc1=O. The van der Waals surface area contributed by atoms with Crippen LogP contribution in [0.5, 0.6) is 5.75 Å². The molecule has 34 heavy (non-hydrogen) atoms. The molecule has 2 atom stereocenters. The number of likely N-dealkylation sites (tertiary alicyclic amines) is 1. The number of rotatable bonds is 7. The quantitative estimate of drug-likeness (QED) is 0.280. The highest BCUT2D eigenvalue weighted by Crippen LogP contribution is 2.39. The van der Waals surface area contributed by atoms with E-state index in [2.05, 4.69) is 15.4 Å². The summed E-state index contributed by atoms with van der Waals surface area (Å²) < 4.78 is 5.64. The minimum absolute atomic E-state index is 0.0972. The number of nitrogens with zero attached hydrogens (tertiary/aromatic N) is 2. The molecule has 2 amide bonds. The van der Waals surface area contributed by atoms with Gasteiger partial charge in [0.25, 0.3) is 0 Å². The van der Waals surface area contributed by atoms with Gasteiger partial charge in [0.1, 0.15) is 11.3 Å². The van der Waals surface area contributed by atoms with Gasteiger partial charge in [-0.3, -0.25) is 0 Å². The topological polar surface area (TPSA) is 121 Å². The van der Waals surface area contributed by atoms with Crippen molar-refractivity contribution in [2.45, 2.75) is 32.1 Å². The molecule has 1 aromatic heterocycles. The molecular formula is C26H30N4O4. The maximum absolute atomic E-state index is 13.3. The second-order valence-corrected chi connectivity index (χ2v) is 8.73. The number of nitrogens with one attached hydrogen (secondary N) is 1. The molecule has 1 aliphatic rings. The van der Waals surface area contributed by atoms with Crippen molar-refractivity contribution < 1.29 is 14.3 Å². The minimum atomic E-state index is -0.764. The number of aromatic hydroxyl groups is 1. The van der Waals surface area contributed by atoms with Crippen molar-refractivity contribution in [2.75, 3.05) is 19.6 Å². The Morgan fingerprint density at radius 1 is 1.12 bits per heavy atom. The molecule has 8 nitrogen and oxygen atoms in total. The number of nitrogens with two attached hydrogens (primary N) is 1. The van der Waals surface area contributed by atoms with E-state index in [0.29, 0.717) is 23.2 Å². The predicted molar refractivity (Wildman–Crippen MR) is 132 cm³/mol. The molecule has 4 rings (SSSR count). The molecule has 1 fully saturated rings. The molecule has 0 bridgehead atoms. The first-order valence-corrected chi connectivity index (χ1v) is 11.6. The number of para-hydroxylation sites is 1. The maximum Gasteiger partial charge on any atom is 0.343 e. The average Bonchev–Trinajstić information content (AvgIpc) is 2.85. The van der Waals surface area contributed by atoms with Crippen LogP contribution in [0.3, 0.4) is 0 Å². The minimum Gasteiger partial charge on any atom is -0.507 e.